The van der Waals surface area contributed by atoms with Gasteiger partial charge in [-0.05, 0) is 31.4 Å². The Kier molecular flexibility index (Phi) is 4.72. The third-order valence-electron chi connectivity index (χ3n) is 3.93. The van der Waals surface area contributed by atoms with E-state index in [1.54, 1.807) is 6.07 Å². The van der Waals surface area contributed by atoms with Crippen LogP contribution >= 0.6 is 23.2 Å². The Balaban J connectivity index is 1.69. The molecule has 0 aromatic heterocycles. The van der Waals surface area contributed by atoms with Crippen molar-refractivity contribution in [1.82, 2.24) is 5.32 Å². The van der Waals surface area contributed by atoms with Crippen LogP contribution < -0.4 is 10.1 Å². The zero-order chi connectivity index (χ0) is 13.9. The van der Waals surface area contributed by atoms with Crippen LogP contribution in [0.4, 0.5) is 0 Å². The Morgan fingerprint density at radius 1 is 1.15 bits per heavy atom. The molecule has 0 aliphatic carbocycles. The minimum Gasteiger partial charge on any atom is -0.492 e. The number of hydrogen-bond acceptors (Lipinski definition) is 3. The van der Waals surface area contributed by atoms with E-state index in [1.165, 1.54) is 12.8 Å². The van der Waals surface area contributed by atoms with Crippen molar-refractivity contribution in [2.45, 2.75) is 37.8 Å². The summed E-state index contributed by atoms with van der Waals surface area (Å²) in [6, 6.07) is 3.91. The number of ether oxygens (including phenoxy) is 2. The Hall–Kier alpha value is -0.480. The molecule has 1 N–H and O–H groups in total. The predicted octanol–water partition coefficient (Wildman–Crippen LogP) is 3.98. The quantitative estimate of drug-likeness (QED) is 0.915. The molecule has 0 amide bonds. The van der Waals surface area contributed by atoms with Crippen LogP contribution in [0.2, 0.25) is 10.0 Å². The zero-order valence-corrected chi connectivity index (χ0v) is 12.8. The summed E-state index contributed by atoms with van der Waals surface area (Å²) < 4.78 is 11.4. The van der Waals surface area contributed by atoms with Crippen LogP contribution in [0.3, 0.4) is 0 Å². The van der Waals surface area contributed by atoms with Gasteiger partial charge in [0.2, 0.25) is 0 Å². The maximum Gasteiger partial charge on any atom is 0.142 e. The van der Waals surface area contributed by atoms with Crippen LogP contribution in [-0.2, 0) is 4.74 Å². The van der Waals surface area contributed by atoms with E-state index in [0.29, 0.717) is 22.8 Å². The van der Waals surface area contributed by atoms with Crippen molar-refractivity contribution in [2.75, 3.05) is 19.8 Å². The van der Waals surface area contributed by atoms with Gasteiger partial charge >= 0.3 is 0 Å². The van der Waals surface area contributed by atoms with E-state index in [0.717, 1.165) is 37.3 Å². The molecule has 0 saturated carbocycles. The predicted molar refractivity (Wildman–Crippen MR) is 80.9 cm³/mol. The number of halogens is 2. The number of fused-ring (bicyclic) bond motifs is 1. The first kappa shape index (κ1) is 14.5. The standard InChI is InChI=1S/C15H19Cl2NO2/c16-10-7-12-14(4-6-20-15(12)13(17)8-10)18-9-11-3-1-2-5-19-11/h7-8,11,14,18H,1-6,9H2. The molecule has 2 aliphatic rings. The van der Waals surface area contributed by atoms with Crippen molar-refractivity contribution in [2.24, 2.45) is 0 Å². The van der Waals surface area contributed by atoms with Crippen LogP contribution in [0.5, 0.6) is 5.75 Å². The van der Waals surface area contributed by atoms with E-state index in [9.17, 15) is 0 Å². The molecule has 20 heavy (non-hydrogen) atoms. The lowest BCUT2D eigenvalue weighted by molar-refractivity contribution is 0.0145. The molecule has 5 heteroatoms. The number of hydrogen-bond donors (Lipinski definition) is 1. The molecule has 0 spiro atoms. The molecular formula is C15H19Cl2NO2. The summed E-state index contributed by atoms with van der Waals surface area (Å²) in [5.74, 6) is 0.768. The number of benzene rings is 1. The molecule has 1 aromatic rings. The summed E-state index contributed by atoms with van der Waals surface area (Å²) in [5.41, 5.74) is 1.06. The highest BCUT2D eigenvalue weighted by Gasteiger charge is 2.25. The van der Waals surface area contributed by atoms with Crippen LogP contribution in [-0.4, -0.2) is 25.9 Å². The Labute approximate surface area is 129 Å². The second-order valence-corrected chi connectivity index (χ2v) is 6.24. The molecule has 1 aromatic carbocycles. The van der Waals surface area contributed by atoms with Crippen LogP contribution in [0.15, 0.2) is 12.1 Å². The SMILES string of the molecule is Clc1cc(Cl)c2c(c1)C(NCC1CCCCO1)CCO2. The van der Waals surface area contributed by atoms with Gasteiger partial charge in [0, 0.05) is 36.2 Å². The van der Waals surface area contributed by atoms with E-state index < -0.39 is 0 Å². The molecule has 2 aliphatic heterocycles. The van der Waals surface area contributed by atoms with Crippen molar-refractivity contribution < 1.29 is 9.47 Å². The van der Waals surface area contributed by atoms with Gasteiger partial charge in [-0.3, -0.25) is 0 Å². The molecule has 1 fully saturated rings. The first-order chi connectivity index (χ1) is 9.74. The highest BCUT2D eigenvalue weighted by atomic mass is 35.5. The molecule has 2 heterocycles. The zero-order valence-electron chi connectivity index (χ0n) is 11.3. The van der Waals surface area contributed by atoms with Gasteiger partial charge in [-0.15, -0.1) is 0 Å². The fraction of sp³-hybridized carbons (Fsp3) is 0.600. The first-order valence-electron chi connectivity index (χ1n) is 7.21. The largest absolute Gasteiger partial charge is 0.492 e. The van der Waals surface area contributed by atoms with Crippen molar-refractivity contribution in [3.05, 3.63) is 27.7 Å². The molecule has 3 nitrogen and oxygen atoms in total. The van der Waals surface area contributed by atoms with Crippen molar-refractivity contribution in [1.29, 1.82) is 0 Å². The average Bonchev–Trinajstić information content (AvgIpc) is 2.46. The number of rotatable bonds is 3. The van der Waals surface area contributed by atoms with Gasteiger partial charge < -0.3 is 14.8 Å². The monoisotopic (exact) mass is 315 g/mol. The lowest BCUT2D eigenvalue weighted by atomic mass is 10.00. The lowest BCUT2D eigenvalue weighted by Crippen LogP contribution is -2.36. The smallest absolute Gasteiger partial charge is 0.142 e. The normalized spacial score (nSPS) is 25.9. The third-order valence-corrected chi connectivity index (χ3v) is 4.43. The van der Waals surface area contributed by atoms with Gasteiger partial charge in [-0.2, -0.15) is 0 Å². The molecule has 2 atom stereocenters. The lowest BCUT2D eigenvalue weighted by Gasteiger charge is -2.30. The summed E-state index contributed by atoms with van der Waals surface area (Å²) in [5, 5.41) is 4.82. The highest BCUT2D eigenvalue weighted by molar-refractivity contribution is 6.35. The Bertz CT molecular complexity index is 475. The molecule has 110 valence electrons. The van der Waals surface area contributed by atoms with E-state index in [2.05, 4.69) is 5.32 Å². The van der Waals surface area contributed by atoms with Crippen LogP contribution in [0.1, 0.15) is 37.3 Å². The summed E-state index contributed by atoms with van der Waals surface area (Å²) >= 11 is 12.3. The molecule has 1 saturated heterocycles. The molecule has 0 radical (unpaired) electrons. The highest BCUT2D eigenvalue weighted by Crippen LogP contribution is 2.39. The van der Waals surface area contributed by atoms with Crippen LogP contribution in [0, 0.1) is 0 Å². The summed E-state index contributed by atoms with van der Waals surface area (Å²) in [7, 11) is 0. The van der Waals surface area contributed by atoms with Crippen molar-refractivity contribution >= 4 is 23.2 Å². The van der Waals surface area contributed by atoms with Gasteiger partial charge in [0.1, 0.15) is 5.75 Å². The maximum absolute atomic E-state index is 6.20. The summed E-state index contributed by atoms with van der Waals surface area (Å²) in [6.45, 7) is 2.43. The van der Waals surface area contributed by atoms with Crippen LogP contribution in [0.25, 0.3) is 0 Å². The van der Waals surface area contributed by atoms with E-state index in [-0.39, 0.29) is 6.04 Å². The Morgan fingerprint density at radius 3 is 2.85 bits per heavy atom. The van der Waals surface area contributed by atoms with Gasteiger partial charge in [-0.25, -0.2) is 0 Å². The van der Waals surface area contributed by atoms with E-state index in [4.69, 9.17) is 32.7 Å². The van der Waals surface area contributed by atoms with E-state index in [1.807, 2.05) is 6.07 Å². The van der Waals surface area contributed by atoms with Gasteiger partial charge in [0.05, 0.1) is 17.7 Å². The average molecular weight is 316 g/mol. The van der Waals surface area contributed by atoms with Crippen molar-refractivity contribution in [3.8, 4) is 5.75 Å². The van der Waals surface area contributed by atoms with Gasteiger partial charge in [0.15, 0.2) is 0 Å². The third kappa shape index (κ3) is 3.22. The van der Waals surface area contributed by atoms with E-state index >= 15 is 0 Å². The minimum absolute atomic E-state index is 0.237. The Morgan fingerprint density at radius 2 is 2.05 bits per heavy atom. The minimum atomic E-state index is 0.237. The van der Waals surface area contributed by atoms with Gasteiger partial charge in [-0.1, -0.05) is 23.2 Å². The molecule has 2 unspecified atom stereocenters. The van der Waals surface area contributed by atoms with Gasteiger partial charge in [0.25, 0.3) is 0 Å². The molecule has 3 rings (SSSR count). The first-order valence-corrected chi connectivity index (χ1v) is 7.96. The maximum atomic E-state index is 6.20. The molecular weight excluding hydrogens is 297 g/mol. The fourth-order valence-electron chi connectivity index (χ4n) is 2.88. The number of nitrogens with one attached hydrogen (secondary N) is 1. The summed E-state index contributed by atoms with van der Waals surface area (Å²) in [6.07, 6.45) is 4.83. The second-order valence-electron chi connectivity index (χ2n) is 5.39. The fourth-order valence-corrected chi connectivity index (χ4v) is 3.44. The van der Waals surface area contributed by atoms with Crippen molar-refractivity contribution in [3.63, 3.8) is 0 Å². The summed E-state index contributed by atoms with van der Waals surface area (Å²) in [4.78, 5) is 0. The second kappa shape index (κ2) is 6.52. The topological polar surface area (TPSA) is 30.5 Å². The molecule has 0 bridgehead atoms.